The maximum Gasteiger partial charge on any atom is 0.274 e. The molecular formula is C23H23N5O4S. The van der Waals surface area contributed by atoms with Crippen LogP contribution in [0.5, 0.6) is 5.75 Å². The molecule has 2 N–H and O–H groups in total. The smallest absolute Gasteiger partial charge is 0.274 e. The third-order valence-corrected chi connectivity index (χ3v) is 7.32. The number of amides is 1. The van der Waals surface area contributed by atoms with Gasteiger partial charge < -0.3 is 10.4 Å². The van der Waals surface area contributed by atoms with Gasteiger partial charge in [-0.05, 0) is 48.7 Å². The zero-order valence-electron chi connectivity index (χ0n) is 17.9. The van der Waals surface area contributed by atoms with Gasteiger partial charge in [0.15, 0.2) is 17.3 Å². The van der Waals surface area contributed by atoms with Crippen LogP contribution in [0.25, 0.3) is 10.8 Å². The molecule has 1 aromatic heterocycles. The summed E-state index contributed by atoms with van der Waals surface area (Å²) in [6.45, 7) is 7.23. The van der Waals surface area contributed by atoms with Crippen molar-refractivity contribution in [3.63, 3.8) is 0 Å². The summed E-state index contributed by atoms with van der Waals surface area (Å²) < 4.78 is 26.4. The molecule has 3 aromatic rings. The highest BCUT2D eigenvalue weighted by Gasteiger charge is 2.33. The minimum Gasteiger partial charge on any atom is -0.504 e. The first-order valence-corrected chi connectivity index (χ1v) is 11.9. The fourth-order valence-electron chi connectivity index (χ4n) is 3.81. The summed E-state index contributed by atoms with van der Waals surface area (Å²) in [6.07, 6.45) is 1.15. The molecule has 0 unspecified atom stereocenters. The number of carbonyl (C=O) groups is 1. The molecule has 2 heterocycles. The molecule has 0 spiro atoms. The second kappa shape index (κ2) is 8.99. The van der Waals surface area contributed by atoms with Crippen LogP contribution in [0.3, 0.4) is 0 Å². The average molecular weight is 466 g/mol. The Morgan fingerprint density at radius 1 is 1.09 bits per heavy atom. The molecule has 33 heavy (non-hydrogen) atoms. The number of fused-ring (bicyclic) bond motifs is 1. The molecule has 0 atom stereocenters. The fraction of sp³-hybridized carbons (Fsp3) is 0.217. The highest BCUT2D eigenvalue weighted by Crippen LogP contribution is 2.45. The van der Waals surface area contributed by atoms with Crippen molar-refractivity contribution in [1.82, 2.24) is 10.3 Å². The minimum atomic E-state index is -3.66. The van der Waals surface area contributed by atoms with Crippen LogP contribution >= 0.6 is 0 Å². The van der Waals surface area contributed by atoms with Crippen LogP contribution in [0.15, 0.2) is 52.4 Å². The number of hydrogen-bond donors (Lipinski definition) is 2. The van der Waals surface area contributed by atoms with Crippen molar-refractivity contribution in [1.29, 1.82) is 0 Å². The third kappa shape index (κ3) is 4.29. The monoisotopic (exact) mass is 465 g/mol. The summed E-state index contributed by atoms with van der Waals surface area (Å²) in [5, 5.41) is 15.5. The van der Waals surface area contributed by atoms with Crippen molar-refractivity contribution < 1.29 is 18.3 Å². The molecule has 1 fully saturated rings. The van der Waals surface area contributed by atoms with Crippen LogP contribution in [0.2, 0.25) is 0 Å². The van der Waals surface area contributed by atoms with E-state index in [4.69, 9.17) is 0 Å². The second-order valence-corrected chi connectivity index (χ2v) is 9.62. The first-order valence-electron chi connectivity index (χ1n) is 10.3. The summed E-state index contributed by atoms with van der Waals surface area (Å²) in [6, 6.07) is 13.7. The molecule has 170 valence electrons. The number of anilines is 1. The van der Waals surface area contributed by atoms with E-state index in [1.54, 1.807) is 0 Å². The molecular weight excluding hydrogens is 442 g/mol. The standard InChI is InChI=1S/C23H23N5O4S/c1-24-18-19(25-2)22(28-11-5-6-12-33(28,31)32)27-20(21(18)29)23(30)26-14-15-9-10-16-7-3-4-8-17(16)13-15/h3-4,7-10,13,29H,1-2,5-6,11-12,14H2,(H,26,30). The van der Waals surface area contributed by atoms with Gasteiger partial charge in [0, 0.05) is 13.1 Å². The Labute approximate surface area is 191 Å². The number of rotatable bonds is 6. The number of nitrogens with zero attached hydrogens (tertiary/aromatic N) is 4. The second-order valence-electron chi connectivity index (χ2n) is 7.61. The van der Waals surface area contributed by atoms with E-state index < -0.39 is 21.7 Å². The largest absolute Gasteiger partial charge is 0.504 e. The van der Waals surface area contributed by atoms with E-state index in [0.29, 0.717) is 12.8 Å². The Bertz CT molecular complexity index is 1370. The Kier molecular flexibility index (Phi) is 6.10. The van der Waals surface area contributed by atoms with Crippen LogP contribution in [0.1, 0.15) is 28.9 Å². The molecule has 9 nitrogen and oxygen atoms in total. The molecule has 2 aromatic carbocycles. The molecule has 1 aliphatic rings. The molecule has 1 amide bonds. The van der Waals surface area contributed by atoms with Crippen molar-refractivity contribution >= 4 is 57.3 Å². The van der Waals surface area contributed by atoms with Crippen LogP contribution < -0.4 is 9.62 Å². The van der Waals surface area contributed by atoms with Gasteiger partial charge in [0.25, 0.3) is 5.91 Å². The Hall–Kier alpha value is -3.79. The first kappa shape index (κ1) is 22.4. The zero-order chi connectivity index (χ0) is 23.6. The Balaban J connectivity index is 1.69. The van der Waals surface area contributed by atoms with Gasteiger partial charge in [0.2, 0.25) is 10.0 Å². The van der Waals surface area contributed by atoms with E-state index in [2.05, 4.69) is 33.7 Å². The van der Waals surface area contributed by atoms with Crippen molar-refractivity contribution in [2.45, 2.75) is 19.4 Å². The van der Waals surface area contributed by atoms with Gasteiger partial charge in [-0.1, -0.05) is 36.4 Å². The topological polar surface area (TPSA) is 124 Å². The number of pyridine rings is 1. The van der Waals surface area contributed by atoms with Gasteiger partial charge >= 0.3 is 0 Å². The molecule has 4 rings (SSSR count). The number of aliphatic imine (C=N–C) groups is 2. The quantitative estimate of drug-likeness (QED) is 0.540. The van der Waals surface area contributed by atoms with E-state index >= 15 is 0 Å². The van der Waals surface area contributed by atoms with Crippen molar-refractivity contribution in [3.05, 3.63) is 53.7 Å². The predicted molar refractivity (Wildman–Crippen MR) is 130 cm³/mol. The molecule has 1 aliphatic heterocycles. The Morgan fingerprint density at radius 2 is 1.82 bits per heavy atom. The van der Waals surface area contributed by atoms with Crippen LogP contribution in [-0.2, 0) is 16.6 Å². The van der Waals surface area contributed by atoms with Crippen LogP contribution in [0.4, 0.5) is 17.2 Å². The van der Waals surface area contributed by atoms with Crippen molar-refractivity contribution in [2.75, 3.05) is 16.6 Å². The van der Waals surface area contributed by atoms with Crippen molar-refractivity contribution in [3.8, 4) is 5.75 Å². The van der Waals surface area contributed by atoms with E-state index in [0.717, 1.165) is 20.6 Å². The highest BCUT2D eigenvalue weighted by atomic mass is 32.2. The van der Waals surface area contributed by atoms with Gasteiger partial charge in [0.05, 0.1) is 5.75 Å². The lowest BCUT2D eigenvalue weighted by Gasteiger charge is -2.28. The van der Waals surface area contributed by atoms with Gasteiger partial charge in [-0.2, -0.15) is 0 Å². The molecule has 0 saturated carbocycles. The van der Waals surface area contributed by atoms with E-state index in [-0.39, 0.29) is 41.7 Å². The maximum atomic E-state index is 13.0. The summed E-state index contributed by atoms with van der Waals surface area (Å²) in [5.41, 5.74) is 0.305. The minimum absolute atomic E-state index is 0.0425. The number of nitrogens with one attached hydrogen (secondary N) is 1. The third-order valence-electron chi connectivity index (χ3n) is 5.49. The molecule has 0 bridgehead atoms. The lowest BCUT2D eigenvalue weighted by Crippen LogP contribution is -2.38. The molecule has 0 aliphatic carbocycles. The first-order chi connectivity index (χ1) is 15.9. The number of carbonyl (C=O) groups excluding carboxylic acids is 1. The maximum absolute atomic E-state index is 13.0. The van der Waals surface area contributed by atoms with Gasteiger partial charge in [0.1, 0.15) is 11.4 Å². The number of sulfonamides is 1. The number of aromatic nitrogens is 1. The normalized spacial score (nSPS) is 15.2. The van der Waals surface area contributed by atoms with Gasteiger partial charge in [-0.25, -0.2) is 13.4 Å². The summed E-state index contributed by atoms with van der Waals surface area (Å²) in [5.74, 6) is -1.37. The molecule has 1 saturated heterocycles. The van der Waals surface area contributed by atoms with Gasteiger partial charge in [-0.15, -0.1) is 0 Å². The summed E-state index contributed by atoms with van der Waals surface area (Å²) in [4.78, 5) is 24.7. The predicted octanol–water partition coefficient (Wildman–Crippen LogP) is 3.46. The SMILES string of the molecule is C=Nc1c(N2CCCCS2(=O)=O)nc(C(=O)NCc2ccc3ccccc3c2)c(O)c1N=C. The van der Waals surface area contributed by atoms with Crippen LogP contribution in [0, 0.1) is 0 Å². The van der Waals surface area contributed by atoms with Gasteiger partial charge in [-0.3, -0.25) is 19.1 Å². The van der Waals surface area contributed by atoms with E-state index in [9.17, 15) is 18.3 Å². The summed E-state index contributed by atoms with van der Waals surface area (Å²) >= 11 is 0. The number of aromatic hydroxyl groups is 1. The van der Waals surface area contributed by atoms with E-state index in [1.807, 2.05) is 42.5 Å². The number of benzene rings is 2. The Morgan fingerprint density at radius 3 is 2.52 bits per heavy atom. The lowest BCUT2D eigenvalue weighted by atomic mass is 10.1. The average Bonchev–Trinajstić information content (AvgIpc) is 2.82. The number of hydrogen-bond acceptors (Lipinski definition) is 7. The van der Waals surface area contributed by atoms with Crippen LogP contribution in [-0.4, -0.2) is 50.1 Å². The lowest BCUT2D eigenvalue weighted by molar-refractivity contribution is 0.0943. The van der Waals surface area contributed by atoms with Crippen molar-refractivity contribution in [2.24, 2.45) is 9.98 Å². The zero-order valence-corrected chi connectivity index (χ0v) is 18.7. The molecule has 0 radical (unpaired) electrons. The molecule has 10 heteroatoms. The fourth-order valence-corrected chi connectivity index (χ4v) is 5.40. The van der Waals surface area contributed by atoms with E-state index in [1.165, 1.54) is 0 Å². The summed E-state index contributed by atoms with van der Waals surface area (Å²) in [7, 11) is -3.66. The highest BCUT2D eigenvalue weighted by molar-refractivity contribution is 7.92.